The van der Waals surface area contributed by atoms with Crippen molar-refractivity contribution in [2.75, 3.05) is 26.9 Å². The highest BCUT2D eigenvalue weighted by Crippen LogP contribution is 2.23. The number of rotatable bonds is 7. The van der Waals surface area contributed by atoms with Crippen LogP contribution in [0.1, 0.15) is 34.2 Å². The largest absolute Gasteiger partial charge is 0.383 e. The Morgan fingerprint density at radius 1 is 1.36 bits per heavy atom. The Hall–Kier alpha value is -2.18. The molecule has 0 spiro atoms. The van der Waals surface area contributed by atoms with E-state index in [1.54, 1.807) is 7.11 Å². The van der Waals surface area contributed by atoms with Crippen molar-refractivity contribution in [2.45, 2.75) is 33.0 Å². The van der Waals surface area contributed by atoms with E-state index in [2.05, 4.69) is 5.10 Å². The minimum atomic E-state index is -0.0377. The Balaban J connectivity index is 1.86. The van der Waals surface area contributed by atoms with E-state index in [9.17, 15) is 4.79 Å². The average Bonchev–Trinajstić information content (AvgIpc) is 3.03. The molecule has 3 rings (SSSR count). The van der Waals surface area contributed by atoms with Gasteiger partial charge in [0.2, 0.25) is 0 Å². The van der Waals surface area contributed by atoms with Crippen LogP contribution < -0.4 is 0 Å². The number of carbonyl (C=O) groups excluding carboxylic acids is 1. The van der Waals surface area contributed by atoms with Crippen LogP contribution in [0, 0.1) is 0 Å². The van der Waals surface area contributed by atoms with Crippen molar-refractivity contribution in [1.29, 1.82) is 0 Å². The maximum absolute atomic E-state index is 13.1. The topological polar surface area (TPSA) is 56.6 Å². The third kappa shape index (κ3) is 3.91. The van der Waals surface area contributed by atoms with Gasteiger partial charge >= 0.3 is 0 Å². The van der Waals surface area contributed by atoms with Gasteiger partial charge < -0.3 is 14.4 Å². The first-order valence-electron chi connectivity index (χ1n) is 8.73. The van der Waals surface area contributed by atoms with Crippen LogP contribution in [0.25, 0.3) is 0 Å². The highest BCUT2D eigenvalue weighted by molar-refractivity contribution is 5.94. The van der Waals surface area contributed by atoms with Crippen LogP contribution in [0.3, 0.4) is 0 Å². The number of methoxy groups -OCH3 is 1. The van der Waals surface area contributed by atoms with E-state index in [0.717, 1.165) is 23.2 Å². The van der Waals surface area contributed by atoms with E-state index in [0.29, 0.717) is 45.1 Å². The Labute approximate surface area is 148 Å². The lowest BCUT2D eigenvalue weighted by Gasteiger charge is -2.21. The van der Waals surface area contributed by atoms with Gasteiger partial charge in [0.1, 0.15) is 0 Å². The second-order valence-corrected chi connectivity index (χ2v) is 6.10. The van der Waals surface area contributed by atoms with Crippen LogP contribution in [0.4, 0.5) is 0 Å². The Morgan fingerprint density at radius 3 is 2.88 bits per heavy atom. The van der Waals surface area contributed by atoms with Crippen LogP contribution in [0.15, 0.2) is 30.3 Å². The van der Waals surface area contributed by atoms with Crippen molar-refractivity contribution in [3.8, 4) is 0 Å². The van der Waals surface area contributed by atoms with Crippen molar-refractivity contribution in [1.82, 2.24) is 14.7 Å². The molecule has 0 unspecified atom stereocenters. The number of amides is 1. The summed E-state index contributed by atoms with van der Waals surface area (Å²) in [5.74, 6) is -0.0377. The van der Waals surface area contributed by atoms with Gasteiger partial charge in [0, 0.05) is 37.9 Å². The molecule has 2 heterocycles. The van der Waals surface area contributed by atoms with Gasteiger partial charge in [0.25, 0.3) is 5.91 Å². The first kappa shape index (κ1) is 17.6. The normalized spacial score (nSPS) is 13.5. The number of benzene rings is 1. The van der Waals surface area contributed by atoms with Gasteiger partial charge in [-0.3, -0.25) is 9.48 Å². The smallest absolute Gasteiger partial charge is 0.275 e. The molecule has 0 saturated carbocycles. The van der Waals surface area contributed by atoms with Crippen LogP contribution in [0.5, 0.6) is 0 Å². The molecule has 6 heteroatoms. The number of ether oxygens (including phenoxy) is 2. The summed E-state index contributed by atoms with van der Waals surface area (Å²) in [6, 6.07) is 10.0. The van der Waals surface area contributed by atoms with E-state index >= 15 is 0 Å². The number of hydrogen-bond donors (Lipinski definition) is 0. The van der Waals surface area contributed by atoms with Crippen LogP contribution >= 0.6 is 0 Å². The molecule has 1 amide bonds. The molecule has 25 heavy (non-hydrogen) atoms. The van der Waals surface area contributed by atoms with Crippen LogP contribution in [0.2, 0.25) is 0 Å². The summed E-state index contributed by atoms with van der Waals surface area (Å²) >= 11 is 0. The summed E-state index contributed by atoms with van der Waals surface area (Å²) in [5, 5.41) is 4.61. The highest BCUT2D eigenvalue weighted by atomic mass is 16.5. The van der Waals surface area contributed by atoms with Gasteiger partial charge in [-0.05, 0) is 12.5 Å². The number of fused-ring (bicyclic) bond motifs is 1. The third-order valence-electron chi connectivity index (χ3n) is 4.49. The standard InChI is InChI=1S/C19H25N3O3/c1-3-21(13-15-7-5-4-6-8-15)19(23)18-16-14-25-11-9-17(16)22(20-18)10-12-24-2/h4-8H,3,9-14H2,1-2H3. The molecule has 0 fully saturated rings. The molecule has 0 saturated heterocycles. The molecule has 0 atom stereocenters. The van der Waals surface area contributed by atoms with E-state index in [1.807, 2.05) is 46.8 Å². The Morgan fingerprint density at radius 2 is 2.16 bits per heavy atom. The predicted molar refractivity (Wildman–Crippen MR) is 94.3 cm³/mol. The average molecular weight is 343 g/mol. The highest BCUT2D eigenvalue weighted by Gasteiger charge is 2.27. The molecule has 0 N–H and O–H groups in total. The molecule has 1 aromatic carbocycles. The number of carbonyl (C=O) groups is 1. The first-order chi connectivity index (χ1) is 12.2. The zero-order chi connectivity index (χ0) is 17.6. The molecule has 6 nitrogen and oxygen atoms in total. The molecule has 2 aromatic rings. The van der Waals surface area contributed by atoms with Gasteiger partial charge in [0.05, 0.1) is 26.4 Å². The molecule has 0 radical (unpaired) electrons. The van der Waals surface area contributed by atoms with Crippen LogP contribution in [-0.4, -0.2) is 47.5 Å². The summed E-state index contributed by atoms with van der Waals surface area (Å²) in [6.07, 6.45) is 0.782. The fourth-order valence-corrected chi connectivity index (χ4v) is 3.12. The summed E-state index contributed by atoms with van der Waals surface area (Å²) in [4.78, 5) is 14.9. The minimum absolute atomic E-state index is 0.0377. The van der Waals surface area contributed by atoms with Gasteiger partial charge in [-0.15, -0.1) is 0 Å². The summed E-state index contributed by atoms with van der Waals surface area (Å²) in [5.41, 5.74) is 3.66. The van der Waals surface area contributed by atoms with E-state index in [-0.39, 0.29) is 5.91 Å². The Bertz CT molecular complexity index is 712. The van der Waals surface area contributed by atoms with Crippen molar-refractivity contribution >= 4 is 5.91 Å². The molecule has 134 valence electrons. The van der Waals surface area contributed by atoms with Crippen molar-refractivity contribution in [3.05, 3.63) is 52.8 Å². The quantitative estimate of drug-likeness (QED) is 0.774. The predicted octanol–water partition coefficient (Wildman–Crippen LogP) is 2.26. The maximum Gasteiger partial charge on any atom is 0.275 e. The van der Waals surface area contributed by atoms with E-state index < -0.39 is 0 Å². The lowest BCUT2D eigenvalue weighted by atomic mass is 10.1. The second kappa shape index (κ2) is 8.27. The number of hydrogen-bond acceptors (Lipinski definition) is 4. The summed E-state index contributed by atoms with van der Waals surface area (Å²) < 4.78 is 12.7. The Kier molecular flexibility index (Phi) is 5.83. The fourth-order valence-electron chi connectivity index (χ4n) is 3.12. The van der Waals surface area contributed by atoms with Gasteiger partial charge in [-0.25, -0.2) is 0 Å². The number of aromatic nitrogens is 2. The van der Waals surface area contributed by atoms with Crippen molar-refractivity contribution < 1.29 is 14.3 Å². The molecule has 0 bridgehead atoms. The third-order valence-corrected chi connectivity index (χ3v) is 4.49. The molecule has 1 aliphatic rings. The molecule has 0 aliphatic carbocycles. The fraction of sp³-hybridized carbons (Fsp3) is 0.474. The zero-order valence-electron chi connectivity index (χ0n) is 14.9. The molecule has 1 aromatic heterocycles. The first-order valence-corrected chi connectivity index (χ1v) is 8.73. The van der Waals surface area contributed by atoms with E-state index in [1.165, 1.54) is 0 Å². The lowest BCUT2D eigenvalue weighted by Crippen LogP contribution is -2.31. The monoisotopic (exact) mass is 343 g/mol. The van der Waals surface area contributed by atoms with Gasteiger partial charge in [0.15, 0.2) is 5.69 Å². The van der Waals surface area contributed by atoms with Crippen molar-refractivity contribution in [2.24, 2.45) is 0 Å². The zero-order valence-corrected chi connectivity index (χ0v) is 14.9. The number of nitrogens with zero attached hydrogens (tertiary/aromatic N) is 3. The molecular formula is C19H25N3O3. The SMILES string of the molecule is CCN(Cc1ccccc1)C(=O)c1nn(CCOC)c2c1COCC2. The van der Waals surface area contributed by atoms with Gasteiger partial charge in [-0.1, -0.05) is 30.3 Å². The lowest BCUT2D eigenvalue weighted by molar-refractivity contribution is 0.0733. The minimum Gasteiger partial charge on any atom is -0.383 e. The van der Waals surface area contributed by atoms with Crippen LogP contribution in [-0.2, 0) is 35.6 Å². The molecular weight excluding hydrogens is 318 g/mol. The summed E-state index contributed by atoms with van der Waals surface area (Å²) in [6.45, 7) is 5.55. The second-order valence-electron chi connectivity index (χ2n) is 6.10. The maximum atomic E-state index is 13.1. The van der Waals surface area contributed by atoms with Crippen molar-refractivity contribution in [3.63, 3.8) is 0 Å². The molecule has 1 aliphatic heterocycles. The van der Waals surface area contributed by atoms with E-state index in [4.69, 9.17) is 9.47 Å². The van der Waals surface area contributed by atoms with Gasteiger partial charge in [-0.2, -0.15) is 5.10 Å². The summed E-state index contributed by atoms with van der Waals surface area (Å²) in [7, 11) is 1.67.